The summed E-state index contributed by atoms with van der Waals surface area (Å²) in [6.07, 6.45) is -15.7. The maximum atomic E-state index is 12.6. The highest BCUT2D eigenvalue weighted by Gasteiger charge is 2.61. The minimum atomic E-state index is -5.71. The van der Waals surface area contributed by atoms with Gasteiger partial charge in [0.25, 0.3) is 6.10 Å². The van der Waals surface area contributed by atoms with Crippen LogP contribution >= 0.6 is 0 Å². The molecule has 0 atom stereocenters. The lowest BCUT2D eigenvalue weighted by molar-refractivity contribution is -0.309. The number of ether oxygens (including phenoxy) is 2. The van der Waals surface area contributed by atoms with Crippen molar-refractivity contribution >= 4 is 11.8 Å². The molecule has 0 bridgehead atoms. The number of alkyl halides is 6. The van der Waals surface area contributed by atoms with Gasteiger partial charge in [0.15, 0.2) is 0 Å². The van der Waals surface area contributed by atoms with Crippen LogP contribution in [0.2, 0.25) is 0 Å². The summed E-state index contributed by atoms with van der Waals surface area (Å²) in [5.41, 5.74) is 2.04. The zero-order chi connectivity index (χ0) is 24.6. The number of rotatable bonds is 4. The highest BCUT2D eigenvalue weighted by Crippen LogP contribution is 2.42. The van der Waals surface area contributed by atoms with E-state index in [2.05, 4.69) is 38.8 Å². The first-order valence-corrected chi connectivity index (χ1v) is 11.2. The number of carbonyl (C=O) groups is 1. The van der Waals surface area contributed by atoms with E-state index in [1.165, 1.54) is 0 Å². The third-order valence-corrected chi connectivity index (χ3v) is 6.76. The molecule has 0 aliphatic carbocycles. The number of nitrogens with zero attached hydrogens (tertiary/aromatic N) is 3. The number of halogens is 6. The molecule has 3 fully saturated rings. The van der Waals surface area contributed by atoms with E-state index < -0.39 is 24.5 Å². The van der Waals surface area contributed by atoms with Gasteiger partial charge < -0.3 is 19.3 Å². The van der Waals surface area contributed by atoms with Crippen molar-refractivity contribution in [2.45, 2.75) is 37.8 Å². The van der Waals surface area contributed by atoms with Crippen LogP contribution in [0.3, 0.4) is 0 Å². The molecule has 0 N–H and O–H groups in total. The molecule has 0 saturated carbocycles. The molecule has 4 rings (SSSR count). The molecule has 34 heavy (non-hydrogen) atoms. The van der Waals surface area contributed by atoms with Crippen molar-refractivity contribution in [3.8, 4) is 0 Å². The quantitative estimate of drug-likeness (QED) is 0.590. The van der Waals surface area contributed by atoms with E-state index in [9.17, 15) is 31.1 Å². The number of piperidine rings is 1. The molecule has 6 nitrogen and oxygen atoms in total. The second-order valence-corrected chi connectivity index (χ2v) is 9.25. The first-order valence-electron chi connectivity index (χ1n) is 11.2. The lowest BCUT2D eigenvalue weighted by Crippen LogP contribution is -2.62. The van der Waals surface area contributed by atoms with Crippen molar-refractivity contribution in [2.75, 3.05) is 57.4 Å². The first kappa shape index (κ1) is 24.9. The Bertz CT molecular complexity index is 825. The van der Waals surface area contributed by atoms with Crippen LogP contribution in [-0.4, -0.2) is 86.8 Å². The summed E-state index contributed by atoms with van der Waals surface area (Å²) in [6.45, 7) is 5.62. The highest BCUT2D eigenvalue weighted by atomic mass is 19.4. The van der Waals surface area contributed by atoms with Crippen LogP contribution in [0.15, 0.2) is 24.3 Å². The summed E-state index contributed by atoms with van der Waals surface area (Å²) in [5, 5.41) is 0. The second-order valence-electron chi connectivity index (χ2n) is 9.25. The minimum absolute atomic E-state index is 0.107. The average molecular weight is 495 g/mol. The van der Waals surface area contributed by atoms with Gasteiger partial charge in [-0.3, -0.25) is 4.90 Å². The molecule has 3 heterocycles. The number of likely N-dealkylation sites (tertiary alicyclic amines) is 2. The van der Waals surface area contributed by atoms with Gasteiger partial charge in [-0.15, -0.1) is 0 Å². The Labute approximate surface area is 193 Å². The van der Waals surface area contributed by atoms with E-state index >= 15 is 0 Å². The summed E-state index contributed by atoms with van der Waals surface area (Å²) in [4.78, 5) is 17.3. The van der Waals surface area contributed by atoms with Crippen molar-refractivity contribution in [1.82, 2.24) is 9.80 Å². The molecule has 1 aromatic carbocycles. The van der Waals surface area contributed by atoms with E-state index in [4.69, 9.17) is 4.74 Å². The fraction of sp³-hybridized carbons (Fsp3) is 0.682. The third kappa shape index (κ3) is 5.70. The number of hydrogen-bond acceptors (Lipinski definition) is 5. The van der Waals surface area contributed by atoms with Crippen LogP contribution in [0, 0.1) is 5.41 Å². The van der Waals surface area contributed by atoms with E-state index in [0.29, 0.717) is 12.8 Å². The van der Waals surface area contributed by atoms with Crippen molar-refractivity contribution in [3.05, 3.63) is 29.8 Å². The number of benzene rings is 1. The van der Waals surface area contributed by atoms with Crippen molar-refractivity contribution in [2.24, 2.45) is 5.41 Å². The molecule has 1 amide bonds. The number of hydrogen-bond donors (Lipinski definition) is 0. The summed E-state index contributed by atoms with van der Waals surface area (Å²) in [7, 11) is 0. The predicted molar refractivity (Wildman–Crippen MR) is 110 cm³/mol. The molecule has 0 aromatic heterocycles. The first-order chi connectivity index (χ1) is 16.0. The molecule has 1 aromatic rings. The SMILES string of the molecule is O=C(OC(C(F)(F)F)C(F)(F)F)N1CC2(CCN(Cc3ccc(N4CCOCC4)cc3)CC2)C1. The van der Waals surface area contributed by atoms with Crippen LogP contribution in [0.4, 0.5) is 36.8 Å². The summed E-state index contributed by atoms with van der Waals surface area (Å²) >= 11 is 0. The van der Waals surface area contributed by atoms with Crippen LogP contribution in [0.1, 0.15) is 18.4 Å². The number of anilines is 1. The average Bonchev–Trinajstić information content (AvgIpc) is 2.76. The number of morpholine rings is 1. The molecule has 190 valence electrons. The lowest BCUT2D eigenvalue weighted by atomic mass is 9.72. The Morgan fingerprint density at radius 2 is 1.50 bits per heavy atom. The molecule has 1 spiro atoms. The largest absolute Gasteiger partial charge is 0.434 e. The van der Waals surface area contributed by atoms with E-state index in [1.807, 2.05) is 0 Å². The van der Waals surface area contributed by atoms with Crippen molar-refractivity contribution in [3.63, 3.8) is 0 Å². The standard InChI is InChI=1S/C22H27F6N3O3/c23-21(24,25)18(22(26,27)28)34-19(32)31-14-20(15-31)5-7-29(8-6-20)13-16-1-3-17(4-2-16)30-9-11-33-12-10-30/h1-4,18H,5-15H2. The normalized spacial score (nSPS) is 21.6. The Hall–Kier alpha value is -2.21. The van der Waals surface area contributed by atoms with Gasteiger partial charge in [-0.25, -0.2) is 4.79 Å². The molecule has 0 radical (unpaired) electrons. The number of amides is 1. The third-order valence-electron chi connectivity index (χ3n) is 6.76. The smallest absolute Gasteiger partial charge is 0.426 e. The van der Waals surface area contributed by atoms with E-state index in [0.717, 1.165) is 62.1 Å². The van der Waals surface area contributed by atoms with Gasteiger partial charge in [0, 0.05) is 43.8 Å². The minimum Gasteiger partial charge on any atom is -0.426 e. The molecule has 3 aliphatic heterocycles. The fourth-order valence-electron chi connectivity index (χ4n) is 4.78. The van der Waals surface area contributed by atoms with Gasteiger partial charge in [-0.05, 0) is 43.6 Å². The molecular formula is C22H27F6N3O3. The summed E-state index contributed by atoms with van der Waals surface area (Å²) < 4.78 is 84.9. The Kier molecular flexibility index (Phi) is 6.92. The van der Waals surface area contributed by atoms with Crippen LogP contribution < -0.4 is 4.90 Å². The zero-order valence-corrected chi connectivity index (χ0v) is 18.5. The molecular weight excluding hydrogens is 468 g/mol. The monoisotopic (exact) mass is 495 g/mol. The maximum absolute atomic E-state index is 12.6. The van der Waals surface area contributed by atoms with Gasteiger partial charge >= 0.3 is 18.4 Å². The Balaban J connectivity index is 1.23. The molecule has 12 heteroatoms. The molecule has 3 aliphatic rings. The Morgan fingerprint density at radius 1 is 0.941 bits per heavy atom. The van der Waals surface area contributed by atoms with Crippen LogP contribution in [0.5, 0.6) is 0 Å². The summed E-state index contributed by atoms with van der Waals surface area (Å²) in [6, 6.07) is 8.37. The fourth-order valence-corrected chi connectivity index (χ4v) is 4.78. The molecule has 0 unspecified atom stereocenters. The van der Waals surface area contributed by atoms with Gasteiger partial charge in [0.2, 0.25) is 0 Å². The topological polar surface area (TPSA) is 45.2 Å². The predicted octanol–water partition coefficient (Wildman–Crippen LogP) is 4.05. The van der Waals surface area contributed by atoms with Crippen LogP contribution in [0.25, 0.3) is 0 Å². The van der Waals surface area contributed by atoms with Gasteiger partial charge in [0.1, 0.15) is 0 Å². The zero-order valence-electron chi connectivity index (χ0n) is 18.5. The Morgan fingerprint density at radius 3 is 2.03 bits per heavy atom. The van der Waals surface area contributed by atoms with Crippen LogP contribution in [-0.2, 0) is 16.0 Å². The molecule has 3 saturated heterocycles. The van der Waals surface area contributed by atoms with E-state index in [1.54, 1.807) is 0 Å². The van der Waals surface area contributed by atoms with Gasteiger partial charge in [-0.1, -0.05) is 12.1 Å². The lowest BCUT2D eigenvalue weighted by Gasteiger charge is -2.53. The van der Waals surface area contributed by atoms with Crippen molar-refractivity contribution < 1.29 is 40.6 Å². The van der Waals surface area contributed by atoms with Crippen molar-refractivity contribution in [1.29, 1.82) is 0 Å². The maximum Gasteiger partial charge on any atom is 0.434 e. The van der Waals surface area contributed by atoms with Gasteiger partial charge in [0.05, 0.1) is 13.2 Å². The summed E-state index contributed by atoms with van der Waals surface area (Å²) in [5.74, 6) is 0. The van der Waals surface area contributed by atoms with Gasteiger partial charge in [-0.2, -0.15) is 26.3 Å². The highest BCUT2D eigenvalue weighted by molar-refractivity contribution is 5.69. The van der Waals surface area contributed by atoms with E-state index in [-0.39, 0.29) is 18.5 Å². The second kappa shape index (κ2) is 9.44. The number of carbonyl (C=O) groups excluding carboxylic acids is 1.